The summed E-state index contributed by atoms with van der Waals surface area (Å²) in [5, 5.41) is 19.2. The zero-order chi connectivity index (χ0) is 14.1. The van der Waals surface area contributed by atoms with Crippen molar-refractivity contribution >= 4 is 11.4 Å². The maximum absolute atomic E-state index is 12.2. The molecule has 0 unspecified atom stereocenters. The van der Waals surface area contributed by atoms with Crippen molar-refractivity contribution < 1.29 is 19.7 Å². The van der Waals surface area contributed by atoms with E-state index in [1.807, 2.05) is 0 Å². The molecule has 0 spiro atoms. The summed E-state index contributed by atoms with van der Waals surface area (Å²) in [5.74, 6) is -1.09. The molecular formula is C14H10N2O4. The Morgan fingerprint density at radius 1 is 1.15 bits per heavy atom. The van der Waals surface area contributed by atoms with Gasteiger partial charge in [-0.2, -0.15) is 0 Å². The van der Waals surface area contributed by atoms with Gasteiger partial charge in [-0.1, -0.05) is 0 Å². The lowest BCUT2D eigenvalue weighted by Gasteiger charge is -2.10. The number of phenolic OH excluding ortho intramolecular Hbond substituents is 2. The van der Waals surface area contributed by atoms with Gasteiger partial charge in [0.05, 0.1) is 5.56 Å². The summed E-state index contributed by atoms with van der Waals surface area (Å²) in [6, 6.07) is 2.66. The van der Waals surface area contributed by atoms with E-state index in [0.29, 0.717) is 11.1 Å². The number of carbonyl (C=O) groups is 1. The summed E-state index contributed by atoms with van der Waals surface area (Å²) in [6.07, 6.45) is 5.95. The van der Waals surface area contributed by atoms with Crippen LogP contribution in [0.5, 0.6) is 17.2 Å². The van der Waals surface area contributed by atoms with Crippen LogP contribution in [-0.4, -0.2) is 32.6 Å². The number of phenols is 2. The highest BCUT2D eigenvalue weighted by atomic mass is 16.5. The first-order valence-corrected chi connectivity index (χ1v) is 5.85. The summed E-state index contributed by atoms with van der Waals surface area (Å²) in [7, 11) is 0. The maximum Gasteiger partial charge on any atom is 0.201 e. The Hall–Kier alpha value is -2.89. The first-order chi connectivity index (χ1) is 9.66. The zero-order valence-electron chi connectivity index (χ0n) is 10.3. The highest BCUT2D eigenvalue weighted by Crippen LogP contribution is 2.40. The molecule has 6 heteroatoms. The molecular weight excluding hydrogens is 260 g/mol. The fourth-order valence-corrected chi connectivity index (χ4v) is 1.96. The number of fused-ring (bicyclic) bond motifs is 1. The van der Waals surface area contributed by atoms with Crippen LogP contribution < -0.4 is 4.74 Å². The van der Waals surface area contributed by atoms with Crippen LogP contribution in [-0.2, 0) is 0 Å². The second kappa shape index (κ2) is 4.65. The number of hydrogen-bond acceptors (Lipinski definition) is 6. The van der Waals surface area contributed by atoms with Crippen LogP contribution in [0.2, 0.25) is 0 Å². The Balaban J connectivity index is 2.05. The number of allylic oxidation sites excluding steroid dienone is 1. The number of hydrogen-bond donors (Lipinski definition) is 2. The van der Waals surface area contributed by atoms with E-state index >= 15 is 0 Å². The van der Waals surface area contributed by atoms with Gasteiger partial charge in [-0.3, -0.25) is 4.79 Å². The smallest absolute Gasteiger partial charge is 0.201 e. The molecule has 20 heavy (non-hydrogen) atoms. The molecule has 1 aliphatic rings. The van der Waals surface area contributed by atoms with Gasteiger partial charge >= 0.3 is 0 Å². The Kier molecular flexibility index (Phi) is 2.83. The Labute approximate surface area is 114 Å². The van der Waals surface area contributed by atoms with Gasteiger partial charge in [0.25, 0.3) is 0 Å². The Morgan fingerprint density at radius 3 is 2.65 bits per heavy atom. The highest BCUT2D eigenvalue weighted by molar-refractivity contribution is 6.11. The average molecular weight is 270 g/mol. The predicted molar refractivity (Wildman–Crippen MR) is 69.6 cm³/mol. The molecule has 0 saturated carbocycles. The summed E-state index contributed by atoms with van der Waals surface area (Å²) in [4.78, 5) is 19.9. The number of rotatable bonds is 1. The number of nitrogens with zero attached hydrogens (tertiary/aromatic N) is 2. The lowest BCUT2D eigenvalue weighted by molar-refractivity contribution is 0.104. The van der Waals surface area contributed by atoms with Gasteiger partial charge in [-0.15, -0.1) is 0 Å². The summed E-state index contributed by atoms with van der Waals surface area (Å²) in [6.45, 7) is 0.0725. The topological polar surface area (TPSA) is 92.5 Å². The van der Waals surface area contributed by atoms with Crippen LogP contribution in [0.1, 0.15) is 15.9 Å². The highest BCUT2D eigenvalue weighted by Gasteiger charge is 2.22. The van der Waals surface area contributed by atoms with Gasteiger partial charge in [-0.05, 0) is 18.2 Å². The molecule has 2 heterocycles. The van der Waals surface area contributed by atoms with Crippen molar-refractivity contribution in [3.63, 3.8) is 0 Å². The third-order valence-electron chi connectivity index (χ3n) is 2.98. The standard InChI is InChI=1S/C14H10N2O4/c17-11-2-1-10-12(18)3-8(6-20-14(10)13(11)19)9-4-15-7-16-5-9/h1-5,7,17,19H,6H2. The van der Waals surface area contributed by atoms with Crippen molar-refractivity contribution in [3.8, 4) is 17.2 Å². The Morgan fingerprint density at radius 2 is 1.90 bits per heavy atom. The number of ether oxygens (including phenoxy) is 1. The molecule has 1 aromatic carbocycles. The number of ketones is 1. The quantitative estimate of drug-likeness (QED) is 0.764. The predicted octanol–water partition coefficient (Wildman–Crippen LogP) is 1.55. The molecule has 0 aliphatic carbocycles. The molecule has 0 radical (unpaired) electrons. The summed E-state index contributed by atoms with van der Waals surface area (Å²) >= 11 is 0. The molecule has 3 rings (SSSR count). The van der Waals surface area contributed by atoms with Crippen molar-refractivity contribution in [2.75, 3.05) is 6.61 Å². The lowest BCUT2D eigenvalue weighted by atomic mass is 10.1. The molecule has 0 fully saturated rings. The summed E-state index contributed by atoms with van der Waals surface area (Å²) in [5.41, 5.74) is 1.47. The van der Waals surface area contributed by atoms with E-state index in [-0.39, 0.29) is 29.5 Å². The number of aromatic hydroxyl groups is 2. The van der Waals surface area contributed by atoms with Crippen LogP contribution in [0, 0.1) is 0 Å². The van der Waals surface area contributed by atoms with Gasteiger partial charge in [0.15, 0.2) is 17.3 Å². The second-order valence-corrected chi connectivity index (χ2v) is 4.26. The van der Waals surface area contributed by atoms with E-state index in [9.17, 15) is 15.0 Å². The van der Waals surface area contributed by atoms with Crippen molar-refractivity contribution in [1.29, 1.82) is 0 Å². The third-order valence-corrected chi connectivity index (χ3v) is 2.98. The molecule has 0 atom stereocenters. The van der Waals surface area contributed by atoms with Crippen LogP contribution in [0.4, 0.5) is 0 Å². The SMILES string of the molecule is O=C1C=C(c2cncnc2)COc2c1ccc(O)c2O. The molecule has 6 nitrogen and oxygen atoms in total. The lowest BCUT2D eigenvalue weighted by Crippen LogP contribution is -2.00. The largest absolute Gasteiger partial charge is 0.504 e. The van der Waals surface area contributed by atoms with Crippen molar-refractivity contribution in [2.45, 2.75) is 0 Å². The van der Waals surface area contributed by atoms with Crippen molar-refractivity contribution in [1.82, 2.24) is 9.97 Å². The summed E-state index contributed by atoms with van der Waals surface area (Å²) < 4.78 is 5.44. The number of benzene rings is 1. The minimum Gasteiger partial charge on any atom is -0.504 e. The van der Waals surface area contributed by atoms with Gasteiger partial charge in [0, 0.05) is 23.5 Å². The van der Waals surface area contributed by atoms with Gasteiger partial charge in [-0.25, -0.2) is 9.97 Å². The van der Waals surface area contributed by atoms with Crippen LogP contribution in [0.25, 0.3) is 5.57 Å². The fraction of sp³-hybridized carbons (Fsp3) is 0.0714. The van der Waals surface area contributed by atoms with Crippen LogP contribution in [0.15, 0.2) is 36.9 Å². The van der Waals surface area contributed by atoms with E-state index in [1.165, 1.54) is 24.5 Å². The van der Waals surface area contributed by atoms with Crippen LogP contribution >= 0.6 is 0 Å². The van der Waals surface area contributed by atoms with Crippen molar-refractivity contribution in [2.24, 2.45) is 0 Å². The van der Waals surface area contributed by atoms with Crippen molar-refractivity contribution in [3.05, 3.63) is 48.1 Å². The molecule has 0 amide bonds. The Bertz CT molecular complexity index is 711. The van der Waals surface area contributed by atoms with Gasteiger partial charge < -0.3 is 14.9 Å². The van der Waals surface area contributed by atoms with E-state index in [4.69, 9.17) is 4.74 Å². The first kappa shape index (κ1) is 12.2. The molecule has 2 N–H and O–H groups in total. The maximum atomic E-state index is 12.2. The van der Waals surface area contributed by atoms with E-state index in [2.05, 4.69) is 9.97 Å². The molecule has 1 aromatic heterocycles. The van der Waals surface area contributed by atoms with E-state index in [0.717, 1.165) is 0 Å². The second-order valence-electron chi connectivity index (χ2n) is 4.26. The van der Waals surface area contributed by atoms with Gasteiger partial charge in [0.1, 0.15) is 12.9 Å². The normalized spacial score (nSPS) is 14.0. The van der Waals surface area contributed by atoms with E-state index < -0.39 is 5.75 Å². The van der Waals surface area contributed by atoms with Crippen LogP contribution in [0.3, 0.4) is 0 Å². The first-order valence-electron chi connectivity index (χ1n) is 5.85. The minimum atomic E-state index is -0.435. The molecule has 1 aliphatic heterocycles. The number of aromatic nitrogens is 2. The zero-order valence-corrected chi connectivity index (χ0v) is 10.3. The fourth-order valence-electron chi connectivity index (χ4n) is 1.96. The molecule has 0 bridgehead atoms. The third kappa shape index (κ3) is 1.97. The number of carbonyl (C=O) groups excluding carboxylic acids is 1. The van der Waals surface area contributed by atoms with Gasteiger partial charge in [0.2, 0.25) is 5.75 Å². The van der Waals surface area contributed by atoms with E-state index in [1.54, 1.807) is 12.4 Å². The molecule has 2 aromatic rings. The monoisotopic (exact) mass is 270 g/mol. The minimum absolute atomic E-state index is 0.0156. The molecule has 0 saturated heterocycles. The molecule has 100 valence electrons. The average Bonchev–Trinajstić information content (AvgIpc) is 2.64.